The number of furan rings is 1. The maximum atomic E-state index is 13.1. The summed E-state index contributed by atoms with van der Waals surface area (Å²) >= 11 is 0. The molecule has 9 heteroatoms. The molecule has 1 spiro atoms. The highest BCUT2D eigenvalue weighted by molar-refractivity contribution is 6.07. The summed E-state index contributed by atoms with van der Waals surface area (Å²) in [5, 5.41) is 10.1. The number of piperazine rings is 1. The standard InChI is InChI=1S/C17H21N3O6/c1-25-14(22)7-19-15(23)13-4-12(21)6-20(13)17(16(19)24)9-18(10-17)5-11-2-3-26-8-11/h2-3,8,12-13,21H,4-7,9-10H2,1H3/t12-,13+/m1/s1. The summed E-state index contributed by atoms with van der Waals surface area (Å²) in [6, 6.07) is 1.28. The fraction of sp³-hybridized carbons (Fsp3) is 0.588. The van der Waals surface area contributed by atoms with Gasteiger partial charge in [0.2, 0.25) is 5.91 Å². The molecule has 2 amide bonds. The van der Waals surface area contributed by atoms with E-state index in [0.717, 1.165) is 10.5 Å². The van der Waals surface area contributed by atoms with E-state index in [1.165, 1.54) is 7.11 Å². The smallest absolute Gasteiger partial charge is 0.325 e. The van der Waals surface area contributed by atoms with E-state index in [4.69, 9.17) is 4.42 Å². The van der Waals surface area contributed by atoms with E-state index < -0.39 is 36.1 Å². The van der Waals surface area contributed by atoms with Gasteiger partial charge in [-0.3, -0.25) is 29.1 Å². The summed E-state index contributed by atoms with van der Waals surface area (Å²) in [6.07, 6.45) is 2.87. The number of aliphatic hydroxyl groups is 1. The van der Waals surface area contributed by atoms with Crippen molar-refractivity contribution in [1.29, 1.82) is 0 Å². The maximum Gasteiger partial charge on any atom is 0.325 e. The first-order valence-electron chi connectivity index (χ1n) is 8.55. The fourth-order valence-corrected chi connectivity index (χ4v) is 4.28. The Morgan fingerprint density at radius 2 is 2.19 bits per heavy atom. The summed E-state index contributed by atoms with van der Waals surface area (Å²) in [5.74, 6) is -1.46. The summed E-state index contributed by atoms with van der Waals surface area (Å²) in [5.41, 5.74) is 0.122. The van der Waals surface area contributed by atoms with Gasteiger partial charge in [-0.15, -0.1) is 0 Å². The third-order valence-corrected chi connectivity index (χ3v) is 5.49. The molecule has 0 saturated carbocycles. The van der Waals surface area contributed by atoms with Crippen LogP contribution in [0.15, 0.2) is 23.0 Å². The number of imide groups is 1. The van der Waals surface area contributed by atoms with E-state index in [1.54, 1.807) is 12.5 Å². The van der Waals surface area contributed by atoms with Gasteiger partial charge in [0.05, 0.1) is 31.8 Å². The Bertz CT molecular complexity index is 727. The average Bonchev–Trinajstić information content (AvgIpc) is 3.22. The van der Waals surface area contributed by atoms with Gasteiger partial charge in [0.1, 0.15) is 12.1 Å². The van der Waals surface area contributed by atoms with Crippen LogP contribution in [0.4, 0.5) is 0 Å². The predicted octanol–water partition coefficient (Wildman–Crippen LogP) is -1.19. The molecule has 0 radical (unpaired) electrons. The van der Waals surface area contributed by atoms with E-state index in [1.807, 2.05) is 11.0 Å². The number of carbonyl (C=O) groups excluding carboxylic acids is 3. The molecule has 3 aliphatic rings. The summed E-state index contributed by atoms with van der Waals surface area (Å²) < 4.78 is 9.70. The van der Waals surface area contributed by atoms with E-state index in [0.29, 0.717) is 19.6 Å². The van der Waals surface area contributed by atoms with Crippen molar-refractivity contribution < 1.29 is 28.6 Å². The normalized spacial score (nSPS) is 28.3. The first-order chi connectivity index (χ1) is 12.4. The van der Waals surface area contributed by atoms with Crippen LogP contribution in [0.1, 0.15) is 12.0 Å². The molecule has 3 saturated heterocycles. The van der Waals surface area contributed by atoms with Gasteiger partial charge in [-0.1, -0.05) is 0 Å². The molecule has 26 heavy (non-hydrogen) atoms. The topological polar surface area (TPSA) is 104 Å². The van der Waals surface area contributed by atoms with Crippen molar-refractivity contribution in [2.45, 2.75) is 30.7 Å². The second-order valence-electron chi connectivity index (χ2n) is 7.17. The van der Waals surface area contributed by atoms with Crippen LogP contribution in [0, 0.1) is 0 Å². The van der Waals surface area contributed by atoms with Crippen LogP contribution in [0.25, 0.3) is 0 Å². The number of methoxy groups -OCH3 is 1. The number of amides is 2. The lowest BCUT2D eigenvalue weighted by Crippen LogP contribution is -2.81. The summed E-state index contributed by atoms with van der Waals surface area (Å²) in [4.78, 5) is 42.4. The number of nitrogens with zero attached hydrogens (tertiary/aromatic N) is 3. The van der Waals surface area contributed by atoms with Crippen molar-refractivity contribution in [2.75, 3.05) is 33.3 Å². The third kappa shape index (κ3) is 2.54. The molecule has 4 heterocycles. The minimum atomic E-state index is -0.881. The zero-order valence-electron chi connectivity index (χ0n) is 14.5. The highest BCUT2D eigenvalue weighted by Gasteiger charge is 2.64. The van der Waals surface area contributed by atoms with Crippen LogP contribution in [0.2, 0.25) is 0 Å². The second kappa shape index (κ2) is 6.19. The van der Waals surface area contributed by atoms with E-state index in [9.17, 15) is 19.5 Å². The minimum Gasteiger partial charge on any atom is -0.472 e. The molecule has 0 unspecified atom stereocenters. The lowest BCUT2D eigenvalue weighted by Gasteiger charge is -2.58. The number of ether oxygens (including phenoxy) is 1. The zero-order valence-corrected chi connectivity index (χ0v) is 14.5. The zero-order chi connectivity index (χ0) is 18.5. The molecule has 1 aromatic heterocycles. The van der Waals surface area contributed by atoms with Crippen LogP contribution in [0.5, 0.6) is 0 Å². The molecular formula is C17H21N3O6. The van der Waals surface area contributed by atoms with E-state index in [2.05, 4.69) is 9.64 Å². The van der Waals surface area contributed by atoms with Gasteiger partial charge >= 0.3 is 5.97 Å². The average molecular weight is 363 g/mol. The van der Waals surface area contributed by atoms with E-state index in [-0.39, 0.29) is 18.9 Å². The number of rotatable bonds is 4. The van der Waals surface area contributed by atoms with Crippen molar-refractivity contribution in [3.63, 3.8) is 0 Å². The Morgan fingerprint density at radius 1 is 1.42 bits per heavy atom. The second-order valence-corrected chi connectivity index (χ2v) is 7.17. The van der Waals surface area contributed by atoms with Gasteiger partial charge in [-0.2, -0.15) is 0 Å². The van der Waals surface area contributed by atoms with Gasteiger partial charge < -0.3 is 14.3 Å². The fourth-order valence-electron chi connectivity index (χ4n) is 4.28. The Labute approximate surface area is 150 Å². The van der Waals surface area contributed by atoms with Crippen molar-refractivity contribution in [3.05, 3.63) is 24.2 Å². The monoisotopic (exact) mass is 363 g/mol. The largest absolute Gasteiger partial charge is 0.472 e. The molecule has 3 aliphatic heterocycles. The molecule has 2 atom stereocenters. The lowest BCUT2D eigenvalue weighted by molar-refractivity contribution is -0.183. The molecular weight excluding hydrogens is 342 g/mol. The van der Waals surface area contributed by atoms with Gasteiger partial charge in [0.25, 0.3) is 5.91 Å². The number of aliphatic hydroxyl groups excluding tert-OH is 1. The Morgan fingerprint density at radius 3 is 2.85 bits per heavy atom. The molecule has 0 aliphatic carbocycles. The molecule has 4 rings (SSSR count). The molecule has 0 aromatic carbocycles. The van der Waals surface area contributed by atoms with Crippen molar-refractivity contribution >= 4 is 17.8 Å². The Hall–Kier alpha value is -2.23. The first kappa shape index (κ1) is 17.2. The van der Waals surface area contributed by atoms with Crippen LogP contribution >= 0.6 is 0 Å². The molecule has 1 aromatic rings. The number of likely N-dealkylation sites (tertiary alicyclic amines) is 1. The van der Waals surface area contributed by atoms with Gasteiger partial charge in [0, 0.05) is 31.7 Å². The number of β-amino-alcohol motifs (C(OH)–C–C–N with tert-alkyl or cyclic N) is 1. The summed E-state index contributed by atoms with van der Waals surface area (Å²) in [7, 11) is 1.22. The minimum absolute atomic E-state index is 0.271. The molecule has 0 bridgehead atoms. The highest BCUT2D eigenvalue weighted by atomic mass is 16.5. The van der Waals surface area contributed by atoms with Gasteiger partial charge in [-0.25, -0.2) is 0 Å². The number of carbonyl (C=O) groups is 3. The van der Waals surface area contributed by atoms with Crippen LogP contribution in [-0.2, 0) is 25.7 Å². The number of fused-ring (bicyclic) bond motifs is 2. The number of hydrogen-bond donors (Lipinski definition) is 1. The first-order valence-corrected chi connectivity index (χ1v) is 8.55. The lowest BCUT2D eigenvalue weighted by atomic mass is 9.82. The maximum absolute atomic E-state index is 13.1. The van der Waals surface area contributed by atoms with Gasteiger partial charge in [0.15, 0.2) is 0 Å². The molecule has 1 N–H and O–H groups in total. The Kier molecular flexibility index (Phi) is 4.09. The Balaban J connectivity index is 1.57. The predicted molar refractivity (Wildman–Crippen MR) is 86.6 cm³/mol. The number of esters is 1. The van der Waals surface area contributed by atoms with Crippen LogP contribution < -0.4 is 0 Å². The van der Waals surface area contributed by atoms with Crippen molar-refractivity contribution in [2.24, 2.45) is 0 Å². The molecule has 3 fully saturated rings. The van der Waals surface area contributed by atoms with Crippen LogP contribution in [-0.4, -0.2) is 88.6 Å². The highest BCUT2D eigenvalue weighted by Crippen LogP contribution is 2.40. The molecule has 9 nitrogen and oxygen atoms in total. The quantitative estimate of drug-likeness (QED) is 0.526. The van der Waals surface area contributed by atoms with Crippen LogP contribution in [0.3, 0.4) is 0 Å². The van der Waals surface area contributed by atoms with Crippen molar-refractivity contribution in [1.82, 2.24) is 14.7 Å². The molecule has 140 valence electrons. The van der Waals surface area contributed by atoms with Gasteiger partial charge in [-0.05, 0) is 12.5 Å². The van der Waals surface area contributed by atoms with Crippen molar-refractivity contribution in [3.8, 4) is 0 Å². The number of hydrogen-bond acceptors (Lipinski definition) is 8. The third-order valence-electron chi connectivity index (χ3n) is 5.49. The van der Waals surface area contributed by atoms with E-state index >= 15 is 0 Å². The SMILES string of the molecule is COC(=O)CN1C(=O)[C@@H]2C[C@@H](O)CN2C2(CN(Cc3ccoc3)C2)C1=O. The summed E-state index contributed by atoms with van der Waals surface area (Å²) in [6.45, 7) is 1.40.